The summed E-state index contributed by atoms with van der Waals surface area (Å²) in [5.41, 5.74) is 10.2. The molecule has 3 aromatic heterocycles. The largest absolute Gasteiger partial charge is 0.208 e. The van der Waals surface area contributed by atoms with Crippen molar-refractivity contribution < 1.29 is 0 Å². The Kier molecular flexibility index (Phi) is 7.87. The Hall–Kier alpha value is -6.79. The molecule has 0 radical (unpaired) electrons. The molecule has 0 unspecified atom stereocenters. The molecule has 11 aromatic rings. The Morgan fingerprint density at radius 3 is 1.55 bits per heavy atom. The number of benzene rings is 8. The zero-order valence-electron chi connectivity index (χ0n) is 30.1. The van der Waals surface area contributed by atoms with Crippen molar-refractivity contribution in [2.75, 3.05) is 0 Å². The molecule has 8 aromatic carbocycles. The average Bonchev–Trinajstić information content (AvgIpc) is 3.86. The smallest absolute Gasteiger partial charge is 0.165 e. The Bertz CT molecular complexity index is 3220. The van der Waals surface area contributed by atoms with Gasteiger partial charge in [-0.25, -0.2) is 15.0 Å². The molecular formula is C51H31N3S2. The van der Waals surface area contributed by atoms with Crippen molar-refractivity contribution in [3.05, 3.63) is 188 Å². The van der Waals surface area contributed by atoms with Gasteiger partial charge in [-0.05, 0) is 63.7 Å². The fourth-order valence-corrected chi connectivity index (χ4v) is 10.3. The predicted molar refractivity (Wildman–Crippen MR) is 238 cm³/mol. The first-order valence-corrected chi connectivity index (χ1v) is 20.3. The maximum Gasteiger partial charge on any atom is 0.165 e. The summed E-state index contributed by atoms with van der Waals surface area (Å²) in [7, 11) is 0. The van der Waals surface area contributed by atoms with Crippen molar-refractivity contribution in [3.8, 4) is 67.5 Å². The fourth-order valence-electron chi connectivity index (χ4n) is 7.90. The van der Waals surface area contributed by atoms with Crippen LogP contribution in [-0.2, 0) is 0 Å². The Balaban J connectivity index is 1.10. The minimum Gasteiger partial charge on any atom is -0.208 e. The van der Waals surface area contributed by atoms with Crippen LogP contribution in [-0.4, -0.2) is 15.0 Å². The minimum atomic E-state index is 0.650. The van der Waals surface area contributed by atoms with Gasteiger partial charge in [0.2, 0.25) is 0 Å². The van der Waals surface area contributed by atoms with E-state index < -0.39 is 0 Å². The van der Waals surface area contributed by atoms with E-state index in [-0.39, 0.29) is 0 Å². The third-order valence-corrected chi connectivity index (χ3v) is 12.9. The van der Waals surface area contributed by atoms with Crippen LogP contribution in [0.15, 0.2) is 188 Å². The maximum absolute atomic E-state index is 5.19. The SMILES string of the molecule is c1ccc(-c2ccc(-c3nc(-c4ccccc4)nc(-c4cccc5c4sc4cccc(-c6cc(-c7ccccc7)c7c(c6)sc6ccccc67)c45)n3)cc2)cc1. The summed E-state index contributed by atoms with van der Waals surface area (Å²) in [6.07, 6.45) is 0. The van der Waals surface area contributed by atoms with Crippen LogP contribution in [0.3, 0.4) is 0 Å². The molecule has 56 heavy (non-hydrogen) atoms. The van der Waals surface area contributed by atoms with Gasteiger partial charge < -0.3 is 0 Å². The average molecular weight is 750 g/mol. The lowest BCUT2D eigenvalue weighted by atomic mass is 9.92. The molecule has 11 rings (SSSR count). The van der Waals surface area contributed by atoms with Gasteiger partial charge in [0.15, 0.2) is 17.5 Å². The van der Waals surface area contributed by atoms with Crippen molar-refractivity contribution in [1.82, 2.24) is 15.0 Å². The van der Waals surface area contributed by atoms with E-state index in [1.54, 1.807) is 11.3 Å². The van der Waals surface area contributed by atoms with Gasteiger partial charge in [-0.2, -0.15) is 0 Å². The third-order valence-electron chi connectivity index (χ3n) is 10.6. The van der Waals surface area contributed by atoms with Gasteiger partial charge in [0, 0.05) is 57.0 Å². The van der Waals surface area contributed by atoms with Crippen LogP contribution in [0, 0.1) is 0 Å². The first-order valence-electron chi connectivity index (χ1n) is 18.7. The van der Waals surface area contributed by atoms with Crippen molar-refractivity contribution in [2.45, 2.75) is 0 Å². The lowest BCUT2D eigenvalue weighted by molar-refractivity contribution is 1.08. The van der Waals surface area contributed by atoms with Crippen LogP contribution in [0.25, 0.3) is 108 Å². The lowest BCUT2D eigenvalue weighted by Gasteiger charge is -2.11. The Morgan fingerprint density at radius 1 is 0.286 bits per heavy atom. The lowest BCUT2D eigenvalue weighted by Crippen LogP contribution is -2.00. The number of aromatic nitrogens is 3. The first kappa shape index (κ1) is 32.6. The van der Waals surface area contributed by atoms with Gasteiger partial charge in [-0.1, -0.05) is 158 Å². The second-order valence-corrected chi connectivity index (χ2v) is 16.1. The number of thiophene rings is 2. The molecule has 3 heterocycles. The summed E-state index contributed by atoms with van der Waals surface area (Å²) < 4.78 is 5.00. The summed E-state index contributed by atoms with van der Waals surface area (Å²) in [5.74, 6) is 1.97. The van der Waals surface area contributed by atoms with E-state index in [0.29, 0.717) is 17.5 Å². The van der Waals surface area contributed by atoms with Crippen molar-refractivity contribution in [3.63, 3.8) is 0 Å². The molecule has 0 fully saturated rings. The van der Waals surface area contributed by atoms with Crippen molar-refractivity contribution in [2.24, 2.45) is 0 Å². The number of hydrogen-bond donors (Lipinski definition) is 0. The number of fused-ring (bicyclic) bond motifs is 6. The van der Waals surface area contributed by atoms with E-state index in [2.05, 4.69) is 164 Å². The van der Waals surface area contributed by atoms with E-state index in [1.165, 1.54) is 63.5 Å². The molecule has 0 spiro atoms. The highest BCUT2D eigenvalue weighted by atomic mass is 32.1. The highest BCUT2D eigenvalue weighted by Crippen LogP contribution is 2.47. The molecule has 0 saturated carbocycles. The zero-order chi connectivity index (χ0) is 37.0. The molecule has 0 saturated heterocycles. The van der Waals surface area contributed by atoms with Crippen LogP contribution in [0.4, 0.5) is 0 Å². The Morgan fingerprint density at radius 2 is 0.804 bits per heavy atom. The van der Waals surface area contributed by atoms with Crippen LogP contribution in [0.5, 0.6) is 0 Å². The normalized spacial score (nSPS) is 11.6. The Labute approximate surface area is 331 Å². The molecule has 0 atom stereocenters. The first-order chi connectivity index (χ1) is 27.7. The van der Waals surface area contributed by atoms with Crippen molar-refractivity contribution >= 4 is 63.0 Å². The third kappa shape index (κ3) is 5.60. The molecule has 3 nitrogen and oxygen atoms in total. The topological polar surface area (TPSA) is 38.7 Å². The monoisotopic (exact) mass is 749 g/mol. The van der Waals surface area contributed by atoms with E-state index in [9.17, 15) is 0 Å². The molecule has 0 aliphatic rings. The molecule has 5 heteroatoms. The van der Waals surface area contributed by atoms with Gasteiger partial charge >= 0.3 is 0 Å². The van der Waals surface area contributed by atoms with E-state index in [1.807, 2.05) is 35.6 Å². The van der Waals surface area contributed by atoms with Gasteiger partial charge in [0.1, 0.15) is 0 Å². The standard InChI is InChI=1S/C51H31N3S2/c1-4-14-32(15-5-1)33-26-28-36(29-27-33)50-52-49(35-18-8-3-9-19-35)53-51(54-50)41-23-12-22-40-46-38(21-13-25-44(46)56-48(40)41)37-30-42(34-16-6-2-7-17-34)47-39-20-10-11-24-43(39)55-45(47)31-37/h1-31H. The minimum absolute atomic E-state index is 0.650. The van der Waals surface area contributed by atoms with Crippen LogP contribution in [0.1, 0.15) is 0 Å². The highest BCUT2D eigenvalue weighted by molar-refractivity contribution is 7.26. The second kappa shape index (κ2) is 13.5. The number of nitrogens with zero attached hydrogens (tertiary/aromatic N) is 3. The molecule has 0 bridgehead atoms. The maximum atomic E-state index is 5.19. The van der Waals surface area contributed by atoms with Crippen molar-refractivity contribution in [1.29, 1.82) is 0 Å². The summed E-state index contributed by atoms with van der Waals surface area (Å²) in [6, 6.07) is 66.8. The van der Waals surface area contributed by atoms with Crippen LogP contribution >= 0.6 is 22.7 Å². The molecule has 0 amide bonds. The van der Waals surface area contributed by atoms with E-state index >= 15 is 0 Å². The number of rotatable bonds is 6. The van der Waals surface area contributed by atoms with Gasteiger partial charge in [0.25, 0.3) is 0 Å². The molecule has 0 aliphatic carbocycles. The molecular weight excluding hydrogens is 719 g/mol. The quantitative estimate of drug-likeness (QED) is 0.170. The van der Waals surface area contributed by atoms with Gasteiger partial charge in [-0.3, -0.25) is 0 Å². The molecule has 262 valence electrons. The van der Waals surface area contributed by atoms with Crippen LogP contribution < -0.4 is 0 Å². The number of hydrogen-bond acceptors (Lipinski definition) is 5. The van der Waals surface area contributed by atoms with Crippen LogP contribution in [0.2, 0.25) is 0 Å². The van der Waals surface area contributed by atoms with E-state index in [4.69, 9.17) is 15.0 Å². The predicted octanol–water partition coefficient (Wildman–Crippen LogP) is 14.6. The zero-order valence-corrected chi connectivity index (χ0v) is 31.7. The molecule has 0 aliphatic heterocycles. The molecule has 0 N–H and O–H groups in total. The summed E-state index contributed by atoms with van der Waals surface area (Å²) in [6.45, 7) is 0. The van der Waals surface area contributed by atoms with Gasteiger partial charge in [0.05, 0.1) is 0 Å². The fraction of sp³-hybridized carbons (Fsp3) is 0. The summed E-state index contributed by atoms with van der Waals surface area (Å²) in [5, 5.41) is 5.08. The summed E-state index contributed by atoms with van der Waals surface area (Å²) in [4.78, 5) is 15.4. The van der Waals surface area contributed by atoms with E-state index in [0.717, 1.165) is 27.0 Å². The second-order valence-electron chi connectivity index (χ2n) is 13.9. The van der Waals surface area contributed by atoms with Gasteiger partial charge in [-0.15, -0.1) is 22.7 Å². The highest BCUT2D eigenvalue weighted by Gasteiger charge is 2.20. The summed E-state index contributed by atoms with van der Waals surface area (Å²) >= 11 is 3.67.